The van der Waals surface area contributed by atoms with Crippen LogP contribution in [0.15, 0.2) is 52.9 Å². The van der Waals surface area contributed by atoms with Gasteiger partial charge in [0.1, 0.15) is 11.7 Å². The van der Waals surface area contributed by atoms with Crippen LogP contribution in [0.3, 0.4) is 0 Å². The van der Waals surface area contributed by atoms with Crippen molar-refractivity contribution in [3.63, 3.8) is 0 Å². The topological polar surface area (TPSA) is 39.4 Å². The molecule has 0 aliphatic carbocycles. The molecule has 0 aliphatic heterocycles. The van der Waals surface area contributed by atoms with E-state index >= 15 is 0 Å². The number of hydrogen-bond donors (Lipinski definition) is 0. The van der Waals surface area contributed by atoms with E-state index < -0.39 is 12.1 Å². The van der Waals surface area contributed by atoms with E-state index in [0.717, 1.165) is 16.5 Å². The summed E-state index contributed by atoms with van der Waals surface area (Å²) in [6, 6.07) is 14.8. The molecule has 0 bridgehead atoms. The van der Waals surface area contributed by atoms with Crippen LogP contribution >= 0.6 is 11.6 Å². The highest BCUT2D eigenvalue weighted by Crippen LogP contribution is 2.29. The van der Waals surface area contributed by atoms with Crippen molar-refractivity contribution in [3.8, 4) is 0 Å². The zero-order valence-electron chi connectivity index (χ0n) is 12.3. The lowest BCUT2D eigenvalue weighted by atomic mass is 10.1. The number of fused-ring (bicyclic) bond motifs is 1. The lowest BCUT2D eigenvalue weighted by Gasteiger charge is -2.14. The number of aryl methyl sites for hydroxylation is 1. The summed E-state index contributed by atoms with van der Waals surface area (Å²) < 4.78 is 11.1. The number of benzene rings is 2. The van der Waals surface area contributed by atoms with Gasteiger partial charge in [0.15, 0.2) is 0 Å². The Morgan fingerprint density at radius 1 is 1.14 bits per heavy atom. The molecule has 0 unspecified atom stereocenters. The van der Waals surface area contributed by atoms with E-state index in [1.807, 2.05) is 49.4 Å². The summed E-state index contributed by atoms with van der Waals surface area (Å²) in [5.74, 6) is -0.249. The van der Waals surface area contributed by atoms with E-state index in [4.69, 9.17) is 20.8 Å². The molecule has 22 heavy (non-hydrogen) atoms. The maximum absolute atomic E-state index is 12.4. The van der Waals surface area contributed by atoms with Crippen LogP contribution in [0, 0.1) is 6.92 Å². The predicted molar refractivity (Wildman–Crippen MR) is 86.2 cm³/mol. The van der Waals surface area contributed by atoms with Gasteiger partial charge in [-0.2, -0.15) is 0 Å². The zero-order valence-corrected chi connectivity index (χ0v) is 13.1. The van der Waals surface area contributed by atoms with Crippen LogP contribution in [-0.4, -0.2) is 5.97 Å². The van der Waals surface area contributed by atoms with Crippen molar-refractivity contribution >= 4 is 28.5 Å². The first-order valence-corrected chi connectivity index (χ1v) is 7.39. The van der Waals surface area contributed by atoms with Crippen molar-refractivity contribution in [2.45, 2.75) is 20.0 Å². The Bertz CT molecular complexity index is 835. The number of rotatable bonds is 3. The number of esters is 1. The number of halogens is 1. The minimum absolute atomic E-state index is 0.236. The second-order valence-corrected chi connectivity index (χ2v) is 5.53. The van der Waals surface area contributed by atoms with Gasteiger partial charge in [0.2, 0.25) is 5.76 Å². The van der Waals surface area contributed by atoms with Crippen molar-refractivity contribution in [3.05, 3.63) is 70.4 Å². The van der Waals surface area contributed by atoms with Gasteiger partial charge < -0.3 is 9.15 Å². The van der Waals surface area contributed by atoms with Crippen LogP contribution in [0.5, 0.6) is 0 Å². The molecule has 4 heteroatoms. The predicted octanol–water partition coefficient (Wildman–Crippen LogP) is 5.31. The van der Waals surface area contributed by atoms with Crippen LogP contribution in [0.2, 0.25) is 5.02 Å². The van der Waals surface area contributed by atoms with Gasteiger partial charge in [0.25, 0.3) is 0 Å². The minimum Gasteiger partial charge on any atom is -0.452 e. The molecular weight excluding hydrogens is 300 g/mol. The summed E-state index contributed by atoms with van der Waals surface area (Å²) in [4.78, 5) is 12.4. The molecule has 0 amide bonds. The maximum Gasteiger partial charge on any atom is 0.375 e. The number of ether oxygens (including phenoxy) is 1. The van der Waals surface area contributed by atoms with Crippen molar-refractivity contribution in [2.75, 3.05) is 0 Å². The van der Waals surface area contributed by atoms with Crippen LogP contribution < -0.4 is 0 Å². The zero-order chi connectivity index (χ0) is 15.7. The average molecular weight is 315 g/mol. The fraction of sp³-hybridized carbons (Fsp3) is 0.167. The van der Waals surface area contributed by atoms with E-state index in [1.54, 1.807) is 13.0 Å². The number of furan rings is 1. The van der Waals surface area contributed by atoms with Gasteiger partial charge in [0, 0.05) is 21.5 Å². The summed E-state index contributed by atoms with van der Waals surface area (Å²) >= 11 is 6.13. The molecule has 3 rings (SSSR count). The van der Waals surface area contributed by atoms with E-state index in [2.05, 4.69) is 0 Å². The quantitative estimate of drug-likeness (QED) is 0.615. The molecule has 0 fully saturated rings. The van der Waals surface area contributed by atoms with Crippen molar-refractivity contribution < 1.29 is 13.9 Å². The van der Waals surface area contributed by atoms with Gasteiger partial charge in [-0.05, 0) is 26.0 Å². The second-order valence-electron chi connectivity index (χ2n) is 5.12. The first-order valence-electron chi connectivity index (χ1n) is 7.01. The van der Waals surface area contributed by atoms with Gasteiger partial charge in [-0.25, -0.2) is 4.79 Å². The van der Waals surface area contributed by atoms with Gasteiger partial charge >= 0.3 is 5.97 Å². The SMILES string of the molecule is Cc1c(C(=O)O[C@@H](C)c2ccccc2Cl)oc2ccccc12. The second kappa shape index (κ2) is 5.85. The summed E-state index contributed by atoms with van der Waals surface area (Å²) in [6.07, 6.45) is -0.450. The van der Waals surface area contributed by atoms with Crippen molar-refractivity contribution in [1.82, 2.24) is 0 Å². The lowest BCUT2D eigenvalue weighted by molar-refractivity contribution is 0.0303. The third-order valence-corrected chi connectivity index (χ3v) is 4.00. The molecule has 0 aliphatic rings. The minimum atomic E-state index is -0.485. The van der Waals surface area contributed by atoms with Gasteiger partial charge in [-0.3, -0.25) is 0 Å². The molecular formula is C18H15ClO3. The Balaban J connectivity index is 1.87. The smallest absolute Gasteiger partial charge is 0.375 e. The molecule has 0 saturated carbocycles. The molecule has 0 saturated heterocycles. The van der Waals surface area contributed by atoms with Crippen LogP contribution in [0.25, 0.3) is 11.0 Å². The fourth-order valence-corrected chi connectivity index (χ4v) is 2.74. The van der Waals surface area contributed by atoms with Gasteiger partial charge in [0.05, 0.1) is 0 Å². The standard InChI is InChI=1S/C18H15ClO3/c1-11-13-7-4-6-10-16(13)22-17(11)18(20)21-12(2)14-8-3-5-9-15(14)19/h3-10,12H,1-2H3/t12-/m0/s1. The normalized spacial score (nSPS) is 12.3. The Morgan fingerprint density at radius 3 is 2.55 bits per heavy atom. The number of hydrogen-bond acceptors (Lipinski definition) is 3. The number of carbonyl (C=O) groups is 1. The maximum atomic E-state index is 12.4. The van der Waals surface area contributed by atoms with E-state index in [1.165, 1.54) is 0 Å². The van der Waals surface area contributed by atoms with Crippen LogP contribution in [-0.2, 0) is 4.74 Å². The summed E-state index contributed by atoms with van der Waals surface area (Å²) in [5.41, 5.74) is 2.23. The Labute approximate surface area is 133 Å². The number of carbonyl (C=O) groups excluding carboxylic acids is 1. The molecule has 1 atom stereocenters. The molecule has 3 nitrogen and oxygen atoms in total. The molecule has 112 valence electrons. The first-order chi connectivity index (χ1) is 10.6. The van der Waals surface area contributed by atoms with Crippen LogP contribution in [0.1, 0.15) is 34.7 Å². The van der Waals surface area contributed by atoms with Crippen LogP contribution in [0.4, 0.5) is 0 Å². The molecule has 3 aromatic rings. The van der Waals surface area contributed by atoms with E-state index in [9.17, 15) is 4.79 Å². The highest BCUT2D eigenvalue weighted by Gasteiger charge is 2.22. The first kappa shape index (κ1) is 14.7. The summed E-state index contributed by atoms with van der Waals surface area (Å²) in [5, 5.41) is 1.49. The molecule has 0 spiro atoms. The average Bonchev–Trinajstić information content (AvgIpc) is 2.85. The number of para-hydroxylation sites is 1. The molecule has 0 N–H and O–H groups in total. The van der Waals surface area contributed by atoms with Gasteiger partial charge in [-0.1, -0.05) is 48.0 Å². The summed E-state index contributed by atoms with van der Waals surface area (Å²) in [7, 11) is 0. The Kier molecular flexibility index (Phi) is 3.90. The highest BCUT2D eigenvalue weighted by atomic mass is 35.5. The van der Waals surface area contributed by atoms with Crippen molar-refractivity contribution in [1.29, 1.82) is 0 Å². The van der Waals surface area contributed by atoms with Gasteiger partial charge in [-0.15, -0.1) is 0 Å². The monoisotopic (exact) mass is 314 g/mol. The van der Waals surface area contributed by atoms with Crippen molar-refractivity contribution in [2.24, 2.45) is 0 Å². The fourth-order valence-electron chi connectivity index (χ4n) is 2.45. The molecule has 2 aromatic carbocycles. The highest BCUT2D eigenvalue weighted by molar-refractivity contribution is 6.31. The molecule has 1 heterocycles. The molecule has 0 radical (unpaired) electrons. The lowest BCUT2D eigenvalue weighted by Crippen LogP contribution is -2.09. The largest absolute Gasteiger partial charge is 0.452 e. The molecule has 1 aromatic heterocycles. The Morgan fingerprint density at radius 2 is 1.82 bits per heavy atom. The van der Waals surface area contributed by atoms with E-state index in [-0.39, 0.29) is 5.76 Å². The Hall–Kier alpha value is -2.26. The third-order valence-electron chi connectivity index (χ3n) is 3.66. The summed E-state index contributed by atoms with van der Waals surface area (Å²) in [6.45, 7) is 3.64. The van der Waals surface area contributed by atoms with E-state index in [0.29, 0.717) is 10.6 Å². The third kappa shape index (κ3) is 2.60.